The van der Waals surface area contributed by atoms with Gasteiger partial charge in [0, 0.05) is 11.7 Å². The molecular formula is C15H14ClFN2O4S2. The predicted octanol–water partition coefficient (Wildman–Crippen LogP) is 2.72. The number of rotatable bonds is 6. The Morgan fingerprint density at radius 2 is 1.60 bits per heavy atom. The molecule has 1 saturated carbocycles. The average molecular weight is 405 g/mol. The molecular weight excluding hydrogens is 391 g/mol. The zero-order valence-corrected chi connectivity index (χ0v) is 15.1. The topological polar surface area (TPSA) is 92.3 Å². The van der Waals surface area contributed by atoms with E-state index in [1.54, 1.807) is 0 Å². The van der Waals surface area contributed by atoms with Gasteiger partial charge in [-0.1, -0.05) is 11.6 Å². The maximum Gasteiger partial charge on any atom is 0.263 e. The minimum Gasteiger partial charge on any atom is -0.280 e. The summed E-state index contributed by atoms with van der Waals surface area (Å²) < 4.78 is 66.7. The van der Waals surface area contributed by atoms with Gasteiger partial charge in [0.05, 0.1) is 9.92 Å². The number of hydrogen-bond donors (Lipinski definition) is 2. The Balaban J connectivity index is 1.80. The molecule has 0 unspecified atom stereocenters. The molecule has 0 heterocycles. The van der Waals surface area contributed by atoms with Crippen molar-refractivity contribution in [1.82, 2.24) is 4.72 Å². The van der Waals surface area contributed by atoms with Crippen molar-refractivity contribution in [3.63, 3.8) is 0 Å². The van der Waals surface area contributed by atoms with Crippen LogP contribution in [-0.2, 0) is 20.0 Å². The van der Waals surface area contributed by atoms with Crippen LogP contribution < -0.4 is 9.44 Å². The van der Waals surface area contributed by atoms with Gasteiger partial charge in [-0.15, -0.1) is 0 Å². The van der Waals surface area contributed by atoms with Gasteiger partial charge in [-0.2, -0.15) is 0 Å². The Bertz CT molecular complexity index is 1000. The molecule has 3 rings (SSSR count). The molecule has 2 aromatic carbocycles. The minimum atomic E-state index is -4.03. The molecule has 0 amide bonds. The number of sulfonamides is 2. The highest BCUT2D eigenvalue weighted by atomic mass is 35.5. The molecule has 0 aliphatic heterocycles. The molecule has 1 fully saturated rings. The number of anilines is 1. The SMILES string of the molecule is O=S(=O)(NC1CC1)c1ccc(NS(=O)(=O)c2ccc(F)cc2Cl)cc1. The highest BCUT2D eigenvalue weighted by Crippen LogP contribution is 2.26. The van der Waals surface area contributed by atoms with Gasteiger partial charge in [0.1, 0.15) is 10.7 Å². The third-order valence-electron chi connectivity index (χ3n) is 3.50. The first-order chi connectivity index (χ1) is 11.7. The van der Waals surface area contributed by atoms with E-state index < -0.39 is 25.9 Å². The van der Waals surface area contributed by atoms with Crippen LogP contribution in [0.3, 0.4) is 0 Å². The van der Waals surface area contributed by atoms with Crippen LogP contribution in [0.2, 0.25) is 5.02 Å². The Morgan fingerprint density at radius 3 is 2.16 bits per heavy atom. The van der Waals surface area contributed by atoms with E-state index >= 15 is 0 Å². The molecule has 0 spiro atoms. The van der Waals surface area contributed by atoms with E-state index in [0.717, 1.165) is 31.0 Å². The molecule has 25 heavy (non-hydrogen) atoms. The first-order valence-corrected chi connectivity index (χ1v) is 10.6. The summed E-state index contributed by atoms with van der Waals surface area (Å²) in [6.45, 7) is 0. The lowest BCUT2D eigenvalue weighted by atomic mass is 10.3. The third kappa shape index (κ3) is 4.30. The van der Waals surface area contributed by atoms with Crippen LogP contribution in [0.15, 0.2) is 52.3 Å². The monoisotopic (exact) mass is 404 g/mol. The molecule has 0 aromatic heterocycles. The maximum absolute atomic E-state index is 13.1. The van der Waals surface area contributed by atoms with Crippen molar-refractivity contribution < 1.29 is 21.2 Å². The highest BCUT2D eigenvalue weighted by molar-refractivity contribution is 7.92. The van der Waals surface area contributed by atoms with Crippen molar-refractivity contribution in [1.29, 1.82) is 0 Å². The third-order valence-corrected chi connectivity index (χ3v) is 6.90. The quantitative estimate of drug-likeness (QED) is 0.774. The average Bonchev–Trinajstić information content (AvgIpc) is 3.30. The van der Waals surface area contributed by atoms with Crippen molar-refractivity contribution in [2.45, 2.75) is 28.7 Å². The lowest BCUT2D eigenvalue weighted by molar-refractivity contribution is 0.581. The van der Waals surface area contributed by atoms with Crippen LogP contribution in [0, 0.1) is 5.82 Å². The Hall–Kier alpha value is -1.68. The second-order valence-corrected chi connectivity index (χ2v) is 9.37. The molecule has 134 valence electrons. The molecule has 0 atom stereocenters. The Kier molecular flexibility index (Phi) is 4.76. The summed E-state index contributed by atoms with van der Waals surface area (Å²) in [6, 6.07) is 8.17. The summed E-state index contributed by atoms with van der Waals surface area (Å²) in [5, 5.41) is -0.250. The molecule has 2 N–H and O–H groups in total. The second-order valence-electron chi connectivity index (χ2n) is 5.60. The van der Waals surface area contributed by atoms with Gasteiger partial charge in [-0.05, 0) is 55.3 Å². The summed E-state index contributed by atoms with van der Waals surface area (Å²) in [4.78, 5) is -0.232. The first-order valence-electron chi connectivity index (χ1n) is 7.28. The van der Waals surface area contributed by atoms with Gasteiger partial charge in [0.25, 0.3) is 10.0 Å². The van der Waals surface area contributed by atoms with Gasteiger partial charge >= 0.3 is 0 Å². The Morgan fingerprint density at radius 1 is 0.960 bits per heavy atom. The lowest BCUT2D eigenvalue weighted by Gasteiger charge is -2.10. The summed E-state index contributed by atoms with van der Waals surface area (Å²) in [5.74, 6) is -0.651. The number of benzene rings is 2. The fourth-order valence-corrected chi connectivity index (χ4v) is 4.99. The van der Waals surface area contributed by atoms with Crippen molar-refractivity contribution in [2.75, 3.05) is 4.72 Å². The molecule has 0 bridgehead atoms. The van der Waals surface area contributed by atoms with Gasteiger partial charge in [0.15, 0.2) is 0 Å². The lowest BCUT2D eigenvalue weighted by Crippen LogP contribution is -2.25. The maximum atomic E-state index is 13.1. The van der Waals surface area contributed by atoms with E-state index in [4.69, 9.17) is 11.6 Å². The highest BCUT2D eigenvalue weighted by Gasteiger charge is 2.28. The fraction of sp³-hybridized carbons (Fsp3) is 0.200. The summed E-state index contributed by atoms with van der Waals surface area (Å²) in [5.41, 5.74) is 0.158. The normalized spacial score (nSPS) is 15.1. The van der Waals surface area contributed by atoms with Crippen molar-refractivity contribution in [2.24, 2.45) is 0 Å². The van der Waals surface area contributed by atoms with Crippen LogP contribution in [0.5, 0.6) is 0 Å². The second kappa shape index (κ2) is 6.56. The molecule has 2 aromatic rings. The Labute approximate surface area is 150 Å². The molecule has 0 saturated heterocycles. The van der Waals surface area contributed by atoms with Crippen molar-refractivity contribution in [3.8, 4) is 0 Å². The van der Waals surface area contributed by atoms with Crippen LogP contribution >= 0.6 is 11.6 Å². The molecule has 1 aliphatic carbocycles. The van der Waals surface area contributed by atoms with Gasteiger partial charge in [-0.25, -0.2) is 25.9 Å². The molecule has 0 radical (unpaired) electrons. The van der Waals surface area contributed by atoms with Gasteiger partial charge < -0.3 is 0 Å². The van der Waals surface area contributed by atoms with Crippen LogP contribution in [0.1, 0.15) is 12.8 Å². The summed E-state index contributed by atoms with van der Waals surface area (Å²) >= 11 is 5.77. The van der Waals surface area contributed by atoms with E-state index in [9.17, 15) is 21.2 Å². The van der Waals surface area contributed by atoms with Crippen LogP contribution in [0.25, 0.3) is 0 Å². The number of hydrogen-bond acceptors (Lipinski definition) is 4. The van der Waals surface area contributed by atoms with Crippen LogP contribution in [-0.4, -0.2) is 22.9 Å². The first kappa shape index (κ1) is 18.1. The van der Waals surface area contributed by atoms with E-state index in [-0.39, 0.29) is 26.5 Å². The zero-order valence-electron chi connectivity index (χ0n) is 12.7. The molecule has 1 aliphatic rings. The van der Waals surface area contributed by atoms with Crippen LogP contribution in [0.4, 0.5) is 10.1 Å². The van der Waals surface area contributed by atoms with Crippen molar-refractivity contribution >= 4 is 37.3 Å². The summed E-state index contributed by atoms with van der Waals surface area (Å²) in [7, 11) is -7.64. The fourth-order valence-electron chi connectivity index (χ4n) is 2.09. The standard InChI is InChI=1S/C15H14ClFN2O4S2/c16-14-9-10(17)1-8-15(14)25(22,23)19-12-4-6-13(7-5-12)24(20,21)18-11-2-3-11/h1,4-9,11,18-19H,2-3H2. The van der Waals surface area contributed by atoms with Gasteiger partial charge in [0.2, 0.25) is 10.0 Å². The van der Waals surface area contributed by atoms with Crippen molar-refractivity contribution in [3.05, 3.63) is 53.3 Å². The minimum absolute atomic E-state index is 0.0243. The smallest absolute Gasteiger partial charge is 0.263 e. The zero-order chi connectivity index (χ0) is 18.2. The summed E-state index contributed by atoms with van der Waals surface area (Å²) in [6.07, 6.45) is 1.63. The predicted molar refractivity (Wildman–Crippen MR) is 92.0 cm³/mol. The van der Waals surface area contributed by atoms with Gasteiger partial charge in [-0.3, -0.25) is 4.72 Å². The largest absolute Gasteiger partial charge is 0.280 e. The van der Waals surface area contributed by atoms with E-state index in [0.29, 0.717) is 0 Å². The number of halogens is 2. The van der Waals surface area contributed by atoms with E-state index in [1.807, 2.05) is 0 Å². The molecule has 10 heteroatoms. The van der Waals surface area contributed by atoms with E-state index in [1.165, 1.54) is 24.3 Å². The number of nitrogens with one attached hydrogen (secondary N) is 2. The molecule has 6 nitrogen and oxygen atoms in total. The van der Waals surface area contributed by atoms with E-state index in [2.05, 4.69) is 9.44 Å².